The van der Waals surface area contributed by atoms with E-state index in [0.29, 0.717) is 11.7 Å². The number of anilines is 2. The molecular weight excluding hydrogens is 214 g/mol. The van der Waals surface area contributed by atoms with E-state index in [1.165, 1.54) is 6.42 Å². The maximum absolute atomic E-state index is 5.59. The third-order valence-electron chi connectivity index (χ3n) is 3.43. The van der Waals surface area contributed by atoms with Gasteiger partial charge in [0.1, 0.15) is 0 Å². The van der Waals surface area contributed by atoms with Crippen LogP contribution in [0.25, 0.3) is 0 Å². The summed E-state index contributed by atoms with van der Waals surface area (Å²) < 4.78 is 0. The molecule has 1 aliphatic rings. The van der Waals surface area contributed by atoms with E-state index in [2.05, 4.69) is 33.6 Å². The lowest BCUT2D eigenvalue weighted by molar-refractivity contribution is 0.232. The summed E-state index contributed by atoms with van der Waals surface area (Å²) in [5.74, 6) is 0.800. The molecule has 94 valence electrons. The van der Waals surface area contributed by atoms with Crippen LogP contribution in [-0.2, 0) is 0 Å². The summed E-state index contributed by atoms with van der Waals surface area (Å²) in [7, 11) is 0. The second kappa shape index (κ2) is 5.31. The molecule has 5 heteroatoms. The van der Waals surface area contributed by atoms with Crippen molar-refractivity contribution in [1.82, 2.24) is 14.9 Å². The molecule has 2 rings (SSSR count). The summed E-state index contributed by atoms with van der Waals surface area (Å²) in [6.07, 6.45) is 4.54. The molecule has 1 fully saturated rings. The number of likely N-dealkylation sites (N-methyl/N-ethyl adjacent to an activating group) is 1. The van der Waals surface area contributed by atoms with E-state index in [1.54, 1.807) is 12.4 Å². The first-order valence-electron chi connectivity index (χ1n) is 6.31. The van der Waals surface area contributed by atoms with Gasteiger partial charge in [-0.25, -0.2) is 9.97 Å². The Morgan fingerprint density at radius 1 is 1.35 bits per heavy atom. The van der Waals surface area contributed by atoms with Gasteiger partial charge in [0, 0.05) is 19.1 Å². The molecule has 2 heterocycles. The predicted molar refractivity (Wildman–Crippen MR) is 70.0 cm³/mol. The first kappa shape index (κ1) is 12.1. The number of nitrogen functional groups attached to an aromatic ring is 1. The van der Waals surface area contributed by atoms with Crippen molar-refractivity contribution >= 4 is 11.6 Å². The van der Waals surface area contributed by atoms with Crippen molar-refractivity contribution in [3.05, 3.63) is 12.4 Å². The van der Waals surface area contributed by atoms with Gasteiger partial charge in [-0.1, -0.05) is 13.8 Å². The van der Waals surface area contributed by atoms with Crippen LogP contribution in [0.4, 0.5) is 11.6 Å². The molecular formula is C12H21N5. The highest BCUT2D eigenvalue weighted by Crippen LogP contribution is 2.19. The van der Waals surface area contributed by atoms with Crippen LogP contribution in [0.1, 0.15) is 20.3 Å². The van der Waals surface area contributed by atoms with E-state index >= 15 is 0 Å². The topological polar surface area (TPSA) is 58.3 Å². The van der Waals surface area contributed by atoms with Crippen LogP contribution >= 0.6 is 0 Å². The summed E-state index contributed by atoms with van der Waals surface area (Å²) in [4.78, 5) is 13.3. The Kier molecular flexibility index (Phi) is 3.78. The van der Waals surface area contributed by atoms with Gasteiger partial charge in [-0.3, -0.25) is 4.90 Å². The number of hydrogen-bond acceptors (Lipinski definition) is 5. The zero-order valence-electron chi connectivity index (χ0n) is 10.6. The Bertz CT molecular complexity index is 346. The summed E-state index contributed by atoms with van der Waals surface area (Å²) in [5.41, 5.74) is 6.21. The van der Waals surface area contributed by atoms with Crippen molar-refractivity contribution in [1.29, 1.82) is 0 Å². The van der Waals surface area contributed by atoms with Crippen LogP contribution in [0.5, 0.6) is 0 Å². The Hall–Kier alpha value is -1.36. The molecule has 5 nitrogen and oxygen atoms in total. The van der Waals surface area contributed by atoms with Crippen molar-refractivity contribution in [2.24, 2.45) is 0 Å². The van der Waals surface area contributed by atoms with Gasteiger partial charge in [0.15, 0.2) is 0 Å². The molecule has 0 radical (unpaired) electrons. The third-order valence-corrected chi connectivity index (χ3v) is 3.43. The van der Waals surface area contributed by atoms with Gasteiger partial charge in [-0.2, -0.15) is 0 Å². The molecule has 2 N–H and O–H groups in total. The Morgan fingerprint density at radius 2 is 2.00 bits per heavy atom. The van der Waals surface area contributed by atoms with E-state index in [9.17, 15) is 0 Å². The van der Waals surface area contributed by atoms with Crippen LogP contribution < -0.4 is 10.6 Å². The van der Waals surface area contributed by atoms with Gasteiger partial charge < -0.3 is 10.6 Å². The summed E-state index contributed by atoms with van der Waals surface area (Å²) in [6.45, 7) is 8.70. The fourth-order valence-corrected chi connectivity index (χ4v) is 2.46. The Balaban J connectivity index is 2.00. The maximum Gasteiger partial charge on any atom is 0.225 e. The maximum atomic E-state index is 5.59. The van der Waals surface area contributed by atoms with Gasteiger partial charge in [-0.05, 0) is 19.5 Å². The molecule has 0 spiro atoms. The molecule has 0 bridgehead atoms. The third kappa shape index (κ3) is 2.66. The van der Waals surface area contributed by atoms with Gasteiger partial charge in [0.25, 0.3) is 0 Å². The average molecular weight is 235 g/mol. The van der Waals surface area contributed by atoms with Crippen molar-refractivity contribution in [3.8, 4) is 0 Å². The molecule has 0 aromatic carbocycles. The van der Waals surface area contributed by atoms with Crippen molar-refractivity contribution < 1.29 is 0 Å². The van der Waals surface area contributed by atoms with Crippen LogP contribution in [0.2, 0.25) is 0 Å². The largest absolute Gasteiger partial charge is 0.396 e. The monoisotopic (exact) mass is 235 g/mol. The summed E-state index contributed by atoms with van der Waals surface area (Å²) in [5, 5.41) is 0. The van der Waals surface area contributed by atoms with Crippen LogP contribution in [0, 0.1) is 0 Å². The zero-order chi connectivity index (χ0) is 12.3. The SMILES string of the molecule is CCN(CC)C1CCN(c2ncc(N)cn2)C1. The van der Waals surface area contributed by atoms with Crippen molar-refractivity contribution in [2.45, 2.75) is 26.3 Å². The Morgan fingerprint density at radius 3 is 2.59 bits per heavy atom. The van der Waals surface area contributed by atoms with E-state index in [4.69, 9.17) is 5.73 Å². The first-order valence-corrected chi connectivity index (χ1v) is 6.31. The van der Waals surface area contributed by atoms with E-state index < -0.39 is 0 Å². The number of rotatable bonds is 4. The lowest BCUT2D eigenvalue weighted by Gasteiger charge is -2.26. The molecule has 0 amide bonds. The number of hydrogen-bond donors (Lipinski definition) is 1. The molecule has 1 unspecified atom stereocenters. The molecule has 0 saturated carbocycles. The second-order valence-electron chi connectivity index (χ2n) is 4.43. The predicted octanol–water partition coefficient (Wildman–Crippen LogP) is 0.979. The number of nitrogens with zero attached hydrogens (tertiary/aromatic N) is 4. The fraction of sp³-hybridized carbons (Fsp3) is 0.667. The minimum absolute atomic E-state index is 0.619. The minimum Gasteiger partial charge on any atom is -0.396 e. The molecule has 1 atom stereocenters. The normalized spacial score (nSPS) is 20.2. The van der Waals surface area contributed by atoms with Gasteiger partial charge >= 0.3 is 0 Å². The van der Waals surface area contributed by atoms with Gasteiger partial charge in [-0.15, -0.1) is 0 Å². The molecule has 17 heavy (non-hydrogen) atoms. The highest BCUT2D eigenvalue weighted by atomic mass is 15.3. The lowest BCUT2D eigenvalue weighted by Crippen LogP contribution is -2.37. The molecule has 0 aliphatic carbocycles. The molecule has 1 saturated heterocycles. The summed E-state index contributed by atoms with van der Waals surface area (Å²) >= 11 is 0. The standard InChI is InChI=1S/C12H21N5/c1-3-16(4-2)11-5-6-17(9-11)12-14-7-10(13)8-15-12/h7-8,11H,3-6,9,13H2,1-2H3. The minimum atomic E-state index is 0.619. The number of nitrogens with two attached hydrogens (primary N) is 1. The van der Waals surface area contributed by atoms with Gasteiger partial charge in [0.2, 0.25) is 5.95 Å². The lowest BCUT2D eigenvalue weighted by atomic mass is 10.2. The van der Waals surface area contributed by atoms with Crippen molar-refractivity contribution in [3.63, 3.8) is 0 Å². The second-order valence-corrected chi connectivity index (χ2v) is 4.43. The van der Waals surface area contributed by atoms with E-state index in [1.807, 2.05) is 0 Å². The first-order chi connectivity index (χ1) is 8.24. The van der Waals surface area contributed by atoms with Crippen LogP contribution in [0.15, 0.2) is 12.4 Å². The van der Waals surface area contributed by atoms with Crippen LogP contribution in [-0.4, -0.2) is 47.1 Å². The van der Waals surface area contributed by atoms with E-state index in [0.717, 1.165) is 32.1 Å². The number of aromatic nitrogens is 2. The molecule has 1 aromatic heterocycles. The Labute approximate surface area is 103 Å². The smallest absolute Gasteiger partial charge is 0.225 e. The quantitative estimate of drug-likeness (QED) is 0.843. The molecule has 1 aromatic rings. The highest BCUT2D eigenvalue weighted by molar-refractivity contribution is 5.38. The highest BCUT2D eigenvalue weighted by Gasteiger charge is 2.27. The zero-order valence-corrected chi connectivity index (χ0v) is 10.6. The van der Waals surface area contributed by atoms with Crippen LogP contribution in [0.3, 0.4) is 0 Å². The average Bonchev–Trinajstić information content (AvgIpc) is 2.81. The molecule has 1 aliphatic heterocycles. The van der Waals surface area contributed by atoms with E-state index in [-0.39, 0.29) is 0 Å². The van der Waals surface area contributed by atoms with Crippen molar-refractivity contribution in [2.75, 3.05) is 36.8 Å². The van der Waals surface area contributed by atoms with Gasteiger partial charge in [0.05, 0.1) is 18.1 Å². The summed E-state index contributed by atoms with van der Waals surface area (Å²) in [6, 6.07) is 0.631. The fourth-order valence-electron chi connectivity index (χ4n) is 2.46.